The number of rotatable bonds is 1. The molecule has 1 aromatic rings. The lowest BCUT2D eigenvalue weighted by Crippen LogP contribution is -1.94. The van der Waals surface area contributed by atoms with Gasteiger partial charge in [0, 0.05) is 23.5 Å². The van der Waals surface area contributed by atoms with E-state index in [1.54, 1.807) is 0 Å². The average molecular weight is 241 g/mol. The van der Waals surface area contributed by atoms with Crippen LogP contribution in [0, 0.1) is 0 Å². The predicted octanol–water partition coefficient (Wildman–Crippen LogP) is 3.56. The molecule has 0 amide bonds. The van der Waals surface area contributed by atoms with E-state index in [1.807, 2.05) is 67.2 Å². The van der Waals surface area contributed by atoms with Gasteiger partial charge in [-0.05, 0) is 18.2 Å². The summed E-state index contributed by atoms with van der Waals surface area (Å²) in [5.41, 5.74) is 1.56. The maximum atomic E-state index is 11.1. The van der Waals surface area contributed by atoms with Crippen LogP contribution in [0.3, 0.4) is 0 Å². The number of furan rings is 1. The molecule has 0 spiro atoms. The van der Waals surface area contributed by atoms with Crippen LogP contribution in [0.1, 0.15) is 13.8 Å². The van der Waals surface area contributed by atoms with Crippen molar-refractivity contribution in [2.24, 2.45) is 0 Å². The average Bonchev–Trinajstić information content (AvgIpc) is 2.81. The van der Waals surface area contributed by atoms with Crippen molar-refractivity contribution in [2.45, 2.75) is 13.8 Å². The van der Waals surface area contributed by atoms with E-state index < -0.39 is 0 Å². The first kappa shape index (κ1) is 12.2. The normalized spacial score (nSPS) is 9.89. The summed E-state index contributed by atoms with van der Waals surface area (Å²) in [6.45, 7) is 4.00. The maximum Gasteiger partial charge on any atom is 0.336 e. The van der Waals surface area contributed by atoms with Gasteiger partial charge in [0.25, 0.3) is 0 Å². The Labute approximate surface area is 106 Å². The Morgan fingerprint density at radius 3 is 2.50 bits per heavy atom. The number of pyridine rings is 1. The Morgan fingerprint density at radius 1 is 1.06 bits per heavy atom. The molecule has 2 heterocycles. The molecule has 0 fully saturated rings. The molecule has 3 heteroatoms. The zero-order valence-corrected chi connectivity index (χ0v) is 10.5. The molecule has 3 rings (SSSR count). The van der Waals surface area contributed by atoms with Gasteiger partial charge in [0.1, 0.15) is 0 Å². The zero-order chi connectivity index (χ0) is 13.0. The number of nitrogens with zero attached hydrogens (tertiary/aromatic N) is 1. The quantitative estimate of drug-likeness (QED) is 0.653. The number of hydrogen-bond donors (Lipinski definition) is 0. The van der Waals surface area contributed by atoms with Crippen molar-refractivity contribution >= 4 is 0 Å². The summed E-state index contributed by atoms with van der Waals surface area (Å²) in [5, 5.41) is 0. The summed E-state index contributed by atoms with van der Waals surface area (Å²) in [6, 6.07) is 13.2. The Balaban J connectivity index is 0.000000574. The van der Waals surface area contributed by atoms with Gasteiger partial charge >= 0.3 is 5.63 Å². The molecule has 1 aromatic carbocycles. The Bertz CT molecular complexity index is 637. The minimum Gasteiger partial charge on any atom is -0.421 e. The largest absolute Gasteiger partial charge is 0.421 e. The van der Waals surface area contributed by atoms with Gasteiger partial charge in [-0.25, -0.2) is 4.79 Å². The van der Waals surface area contributed by atoms with Crippen LogP contribution in [0.15, 0.2) is 64.1 Å². The first-order valence-corrected chi connectivity index (χ1v) is 6.00. The van der Waals surface area contributed by atoms with Crippen LogP contribution in [0.5, 0.6) is 0 Å². The van der Waals surface area contributed by atoms with Crippen LogP contribution in [-0.2, 0) is 0 Å². The summed E-state index contributed by atoms with van der Waals surface area (Å²) < 4.78 is 6.98. The molecule has 0 saturated heterocycles. The highest BCUT2D eigenvalue weighted by Gasteiger charge is 2.08. The third-order valence-corrected chi connectivity index (χ3v) is 2.49. The fraction of sp³-hybridized carbons (Fsp3) is 0.133. The highest BCUT2D eigenvalue weighted by molar-refractivity contribution is 5.58. The van der Waals surface area contributed by atoms with Crippen molar-refractivity contribution < 1.29 is 4.42 Å². The standard InChI is InChI=1S/C13H9NO2.C2H6/c15-13-8-10-6-7-14(9-12(10)16-13)11-4-2-1-3-5-11;1-2/h1-9H;1-2H3. The van der Waals surface area contributed by atoms with E-state index in [0.717, 1.165) is 11.3 Å². The number of benzene rings is 1. The lowest BCUT2D eigenvalue weighted by atomic mass is 10.2. The van der Waals surface area contributed by atoms with E-state index in [9.17, 15) is 4.79 Å². The number of fused-ring (bicyclic) bond motifs is 1. The zero-order valence-electron chi connectivity index (χ0n) is 10.5. The molecular weight excluding hydrogens is 226 g/mol. The second-order valence-electron chi connectivity index (χ2n) is 3.57. The van der Waals surface area contributed by atoms with E-state index in [0.29, 0.717) is 5.76 Å². The van der Waals surface area contributed by atoms with Gasteiger partial charge in [0.2, 0.25) is 0 Å². The first-order chi connectivity index (χ1) is 8.83. The van der Waals surface area contributed by atoms with Crippen LogP contribution in [-0.4, -0.2) is 4.57 Å². The first-order valence-electron chi connectivity index (χ1n) is 6.00. The SMILES string of the molecule is CC.O=c1cc2ccn(-c3ccccc3)cc-2o1. The van der Waals surface area contributed by atoms with Crippen molar-refractivity contribution in [3.05, 3.63) is 65.3 Å². The van der Waals surface area contributed by atoms with Gasteiger partial charge in [-0.3, -0.25) is 0 Å². The molecule has 0 bridgehead atoms. The third-order valence-electron chi connectivity index (χ3n) is 2.49. The van der Waals surface area contributed by atoms with Gasteiger partial charge in [0.05, 0.1) is 6.20 Å². The smallest absolute Gasteiger partial charge is 0.336 e. The minimum absolute atomic E-state index is 0.305. The fourth-order valence-corrected chi connectivity index (χ4v) is 1.72. The number of para-hydroxylation sites is 1. The lowest BCUT2D eigenvalue weighted by Gasteiger charge is -2.07. The molecule has 0 aromatic heterocycles. The highest BCUT2D eigenvalue weighted by Crippen LogP contribution is 2.20. The molecule has 2 aliphatic heterocycles. The van der Waals surface area contributed by atoms with E-state index >= 15 is 0 Å². The van der Waals surface area contributed by atoms with Crippen molar-refractivity contribution in [2.75, 3.05) is 0 Å². The van der Waals surface area contributed by atoms with Crippen molar-refractivity contribution in [3.8, 4) is 17.0 Å². The summed E-state index contributed by atoms with van der Waals surface area (Å²) in [4.78, 5) is 11.1. The van der Waals surface area contributed by atoms with Crippen molar-refractivity contribution in [1.29, 1.82) is 0 Å². The number of hydrogen-bond acceptors (Lipinski definition) is 2. The highest BCUT2D eigenvalue weighted by atomic mass is 16.4. The molecule has 2 aliphatic rings. The lowest BCUT2D eigenvalue weighted by molar-refractivity contribution is 0.541. The Kier molecular flexibility index (Phi) is 3.63. The van der Waals surface area contributed by atoms with Gasteiger partial charge < -0.3 is 8.98 Å². The van der Waals surface area contributed by atoms with Crippen LogP contribution in [0.4, 0.5) is 0 Å². The van der Waals surface area contributed by atoms with Crippen molar-refractivity contribution in [3.63, 3.8) is 0 Å². The van der Waals surface area contributed by atoms with E-state index in [4.69, 9.17) is 4.42 Å². The number of aromatic nitrogens is 1. The van der Waals surface area contributed by atoms with Crippen LogP contribution >= 0.6 is 0 Å². The molecular formula is C15H15NO2. The Hall–Kier alpha value is -2.29. The second-order valence-corrected chi connectivity index (χ2v) is 3.57. The Morgan fingerprint density at radius 2 is 1.78 bits per heavy atom. The van der Waals surface area contributed by atoms with Gasteiger partial charge in [-0.1, -0.05) is 32.0 Å². The second kappa shape index (κ2) is 5.36. The predicted molar refractivity (Wildman–Crippen MR) is 72.3 cm³/mol. The van der Waals surface area contributed by atoms with Crippen LogP contribution < -0.4 is 5.63 Å². The van der Waals surface area contributed by atoms with E-state index in [-0.39, 0.29) is 5.63 Å². The molecule has 92 valence electrons. The molecule has 0 radical (unpaired) electrons. The summed E-state index contributed by atoms with van der Waals surface area (Å²) in [5.74, 6) is 0.608. The molecule has 0 atom stereocenters. The summed E-state index contributed by atoms with van der Waals surface area (Å²) in [7, 11) is 0. The summed E-state index contributed by atoms with van der Waals surface area (Å²) >= 11 is 0. The van der Waals surface area contributed by atoms with Gasteiger partial charge in [0.15, 0.2) is 5.76 Å². The fourth-order valence-electron chi connectivity index (χ4n) is 1.72. The van der Waals surface area contributed by atoms with Crippen LogP contribution in [0.2, 0.25) is 0 Å². The van der Waals surface area contributed by atoms with Crippen molar-refractivity contribution in [1.82, 2.24) is 4.57 Å². The summed E-state index contributed by atoms with van der Waals surface area (Å²) in [6.07, 6.45) is 3.72. The molecule has 0 N–H and O–H groups in total. The van der Waals surface area contributed by atoms with Gasteiger partial charge in [-0.15, -0.1) is 0 Å². The third kappa shape index (κ3) is 2.35. The van der Waals surface area contributed by atoms with Crippen LogP contribution in [0.25, 0.3) is 17.0 Å². The molecule has 3 nitrogen and oxygen atoms in total. The molecule has 18 heavy (non-hydrogen) atoms. The molecule has 0 unspecified atom stereocenters. The van der Waals surface area contributed by atoms with E-state index in [2.05, 4.69) is 0 Å². The monoisotopic (exact) mass is 241 g/mol. The molecule has 0 aliphatic carbocycles. The topological polar surface area (TPSA) is 35.1 Å². The minimum atomic E-state index is -0.305. The van der Waals surface area contributed by atoms with Gasteiger partial charge in [-0.2, -0.15) is 0 Å². The maximum absolute atomic E-state index is 11.1. The molecule has 0 saturated carbocycles. The van der Waals surface area contributed by atoms with E-state index in [1.165, 1.54) is 6.07 Å².